The first-order valence-corrected chi connectivity index (χ1v) is 7.06. The maximum Gasteiger partial charge on any atom is 0.338 e. The Balaban J connectivity index is 3.03. The molecule has 0 unspecified atom stereocenters. The lowest BCUT2D eigenvalue weighted by molar-refractivity contribution is 0.0458. The molecule has 0 saturated carbocycles. The zero-order valence-corrected chi connectivity index (χ0v) is 11.5. The van der Waals surface area contributed by atoms with E-state index in [-0.39, 0.29) is 23.0 Å². The Hall–Kier alpha value is -1.40. The first kappa shape index (κ1) is 14.7. The maximum absolute atomic E-state index is 11.7. The van der Waals surface area contributed by atoms with Crippen molar-refractivity contribution in [3.8, 4) is 0 Å². The predicted molar refractivity (Wildman–Crippen MR) is 67.7 cm³/mol. The zero-order valence-electron chi connectivity index (χ0n) is 10.6. The van der Waals surface area contributed by atoms with E-state index in [9.17, 15) is 13.2 Å². The van der Waals surface area contributed by atoms with E-state index in [0.717, 1.165) is 0 Å². The van der Waals surface area contributed by atoms with Crippen molar-refractivity contribution in [2.24, 2.45) is 11.1 Å². The summed E-state index contributed by atoms with van der Waals surface area (Å²) in [6.07, 6.45) is 0. The third-order valence-electron chi connectivity index (χ3n) is 2.16. The summed E-state index contributed by atoms with van der Waals surface area (Å²) in [5.41, 5.74) is 0.831. The van der Waals surface area contributed by atoms with Crippen molar-refractivity contribution in [3.63, 3.8) is 0 Å². The molecule has 0 fully saturated rings. The predicted octanol–water partition coefficient (Wildman–Crippen LogP) is 1.46. The largest absolute Gasteiger partial charge is 0.462 e. The molecule has 0 saturated heterocycles. The number of primary sulfonamides is 1. The molecular formula is C12H17NO4S. The average Bonchev–Trinajstić information content (AvgIpc) is 2.23. The summed E-state index contributed by atoms with van der Waals surface area (Å²) in [6, 6.07) is 4.21. The minimum atomic E-state index is -3.82. The number of hydrogen-bond acceptors (Lipinski definition) is 4. The minimum Gasteiger partial charge on any atom is -0.462 e. The molecule has 0 radical (unpaired) electrons. The van der Waals surface area contributed by atoms with Crippen LogP contribution in [0.15, 0.2) is 23.1 Å². The van der Waals surface area contributed by atoms with Crippen LogP contribution >= 0.6 is 0 Å². The number of carbonyl (C=O) groups is 1. The fraction of sp³-hybridized carbons (Fsp3) is 0.417. The molecule has 0 aliphatic rings. The molecule has 18 heavy (non-hydrogen) atoms. The molecule has 0 aliphatic carbocycles. The van der Waals surface area contributed by atoms with E-state index in [0.29, 0.717) is 5.56 Å². The molecule has 1 aromatic carbocycles. The monoisotopic (exact) mass is 271 g/mol. The van der Waals surface area contributed by atoms with Crippen LogP contribution in [0.2, 0.25) is 0 Å². The zero-order chi connectivity index (χ0) is 13.9. The highest BCUT2D eigenvalue weighted by atomic mass is 32.2. The molecule has 0 aromatic heterocycles. The summed E-state index contributed by atoms with van der Waals surface area (Å²) in [7, 11) is -3.82. The molecule has 0 bridgehead atoms. The Morgan fingerprint density at radius 2 is 1.94 bits per heavy atom. The van der Waals surface area contributed by atoms with E-state index >= 15 is 0 Å². The van der Waals surface area contributed by atoms with Gasteiger partial charge in [0.1, 0.15) is 0 Å². The Morgan fingerprint density at radius 3 is 2.44 bits per heavy atom. The summed E-state index contributed by atoms with van der Waals surface area (Å²) in [6.45, 7) is 5.81. The van der Waals surface area contributed by atoms with Gasteiger partial charge in [-0.3, -0.25) is 0 Å². The van der Waals surface area contributed by atoms with Crippen molar-refractivity contribution in [1.82, 2.24) is 0 Å². The van der Waals surface area contributed by atoms with Crippen molar-refractivity contribution >= 4 is 16.0 Å². The minimum absolute atomic E-state index is 0.0843. The number of rotatable bonds is 4. The van der Waals surface area contributed by atoms with Gasteiger partial charge in [-0.05, 0) is 36.6 Å². The number of ether oxygens (including phenoxy) is 1. The summed E-state index contributed by atoms with van der Waals surface area (Å²) in [5, 5.41) is 5.04. The van der Waals surface area contributed by atoms with Gasteiger partial charge in [-0.2, -0.15) is 0 Å². The second-order valence-electron chi connectivity index (χ2n) is 4.57. The van der Waals surface area contributed by atoms with Crippen LogP contribution < -0.4 is 5.14 Å². The van der Waals surface area contributed by atoms with Crippen LogP contribution in [0.25, 0.3) is 0 Å². The van der Waals surface area contributed by atoms with Gasteiger partial charge in [0.15, 0.2) is 0 Å². The summed E-state index contributed by atoms with van der Waals surface area (Å²) < 4.78 is 27.5. The Morgan fingerprint density at radius 1 is 1.33 bits per heavy atom. The molecule has 1 aromatic rings. The molecule has 0 heterocycles. The van der Waals surface area contributed by atoms with E-state index in [2.05, 4.69) is 0 Å². The first-order valence-electron chi connectivity index (χ1n) is 5.52. The lowest BCUT2D eigenvalue weighted by atomic mass is 10.1. The molecule has 0 spiro atoms. The quantitative estimate of drug-likeness (QED) is 0.840. The lowest BCUT2D eigenvalue weighted by Crippen LogP contribution is -2.15. The van der Waals surface area contributed by atoms with Crippen LogP contribution in [0, 0.1) is 12.8 Å². The number of hydrogen-bond donors (Lipinski definition) is 1. The summed E-state index contributed by atoms with van der Waals surface area (Å²) in [5.74, 6) is -0.325. The highest BCUT2D eigenvalue weighted by Gasteiger charge is 2.14. The van der Waals surface area contributed by atoms with Crippen LogP contribution in [-0.4, -0.2) is 21.0 Å². The standard InChI is InChI=1S/C12H17NO4S/c1-8(2)7-17-12(14)10-4-9(3)5-11(6-10)18(13,15)16/h4-6,8H,7H2,1-3H3,(H2,13,15,16). The molecule has 0 aliphatic heterocycles. The van der Waals surface area contributed by atoms with E-state index in [1.54, 1.807) is 13.0 Å². The summed E-state index contributed by atoms with van der Waals surface area (Å²) >= 11 is 0. The van der Waals surface area contributed by atoms with Crippen molar-refractivity contribution < 1.29 is 17.9 Å². The van der Waals surface area contributed by atoms with Crippen LogP contribution in [-0.2, 0) is 14.8 Å². The highest BCUT2D eigenvalue weighted by Crippen LogP contribution is 2.14. The van der Waals surface area contributed by atoms with Gasteiger partial charge >= 0.3 is 5.97 Å². The van der Waals surface area contributed by atoms with Gasteiger partial charge in [-0.15, -0.1) is 0 Å². The molecule has 5 nitrogen and oxygen atoms in total. The van der Waals surface area contributed by atoms with Crippen LogP contribution in [0.1, 0.15) is 29.8 Å². The molecule has 1 rings (SSSR count). The number of benzene rings is 1. The second-order valence-corrected chi connectivity index (χ2v) is 6.13. The third kappa shape index (κ3) is 4.12. The van der Waals surface area contributed by atoms with Gasteiger partial charge in [0, 0.05) is 0 Å². The van der Waals surface area contributed by atoms with Gasteiger partial charge in [-0.1, -0.05) is 13.8 Å². The highest BCUT2D eigenvalue weighted by molar-refractivity contribution is 7.89. The lowest BCUT2D eigenvalue weighted by Gasteiger charge is -2.09. The number of sulfonamides is 1. The second kappa shape index (κ2) is 5.49. The Kier molecular flexibility index (Phi) is 4.48. The fourth-order valence-electron chi connectivity index (χ4n) is 1.36. The molecule has 6 heteroatoms. The van der Waals surface area contributed by atoms with Crippen LogP contribution in [0.4, 0.5) is 0 Å². The smallest absolute Gasteiger partial charge is 0.338 e. The number of nitrogens with two attached hydrogens (primary N) is 1. The first-order chi connectivity index (χ1) is 8.20. The van der Waals surface area contributed by atoms with E-state index < -0.39 is 16.0 Å². The van der Waals surface area contributed by atoms with Crippen LogP contribution in [0.5, 0.6) is 0 Å². The van der Waals surface area contributed by atoms with E-state index in [1.165, 1.54) is 12.1 Å². The maximum atomic E-state index is 11.7. The van der Waals surface area contributed by atoms with Gasteiger partial charge < -0.3 is 4.74 Å². The molecular weight excluding hydrogens is 254 g/mol. The number of carbonyl (C=O) groups excluding carboxylic acids is 1. The van der Waals surface area contributed by atoms with Crippen molar-refractivity contribution in [1.29, 1.82) is 0 Å². The van der Waals surface area contributed by atoms with Gasteiger partial charge in [-0.25, -0.2) is 18.4 Å². The van der Waals surface area contributed by atoms with E-state index in [1.807, 2.05) is 13.8 Å². The van der Waals surface area contributed by atoms with Gasteiger partial charge in [0.2, 0.25) is 10.0 Å². The molecule has 2 N–H and O–H groups in total. The van der Waals surface area contributed by atoms with E-state index in [4.69, 9.17) is 9.88 Å². The normalized spacial score (nSPS) is 11.6. The van der Waals surface area contributed by atoms with Gasteiger partial charge in [0.05, 0.1) is 17.1 Å². The Labute approximate surface area is 107 Å². The van der Waals surface area contributed by atoms with Crippen molar-refractivity contribution in [3.05, 3.63) is 29.3 Å². The number of aryl methyl sites for hydroxylation is 1. The SMILES string of the molecule is Cc1cc(C(=O)OCC(C)C)cc(S(N)(=O)=O)c1. The average molecular weight is 271 g/mol. The molecule has 0 atom stereocenters. The molecule has 100 valence electrons. The molecule has 0 amide bonds. The third-order valence-corrected chi connectivity index (χ3v) is 3.06. The summed E-state index contributed by atoms with van der Waals surface area (Å²) in [4.78, 5) is 11.6. The van der Waals surface area contributed by atoms with Crippen molar-refractivity contribution in [2.45, 2.75) is 25.7 Å². The van der Waals surface area contributed by atoms with Crippen LogP contribution in [0.3, 0.4) is 0 Å². The topological polar surface area (TPSA) is 86.5 Å². The van der Waals surface area contributed by atoms with Gasteiger partial charge in [0.25, 0.3) is 0 Å². The fourth-order valence-corrected chi connectivity index (χ4v) is 2.00. The number of esters is 1. The Bertz CT molecular complexity index is 549. The van der Waals surface area contributed by atoms with Crippen molar-refractivity contribution in [2.75, 3.05) is 6.61 Å².